The summed E-state index contributed by atoms with van der Waals surface area (Å²) < 4.78 is 5.51. The van der Waals surface area contributed by atoms with Crippen LogP contribution in [0.25, 0.3) is 11.1 Å². The smallest absolute Gasteiger partial charge is 0.411 e. The molecule has 3 N–H and O–H groups in total. The Labute approximate surface area is 190 Å². The van der Waals surface area contributed by atoms with Gasteiger partial charge in [0, 0.05) is 11.6 Å². The maximum Gasteiger partial charge on any atom is 0.411 e. The van der Waals surface area contributed by atoms with Gasteiger partial charge in [0.2, 0.25) is 5.91 Å². The second-order valence-electron chi connectivity index (χ2n) is 7.79. The number of benzene rings is 2. The van der Waals surface area contributed by atoms with Gasteiger partial charge < -0.3 is 15.2 Å². The fraction of sp³-hybridized carbons (Fsp3) is 0.200. The Balaban J connectivity index is 1.33. The molecule has 1 aliphatic carbocycles. The van der Waals surface area contributed by atoms with Crippen LogP contribution in [0, 0.1) is 0 Å². The van der Waals surface area contributed by atoms with Gasteiger partial charge >= 0.3 is 12.1 Å². The maximum absolute atomic E-state index is 12.4. The number of carboxylic acid groups (broad SMARTS) is 1. The molecule has 0 radical (unpaired) electrons. The highest BCUT2D eigenvalue weighted by Gasteiger charge is 2.29. The van der Waals surface area contributed by atoms with Crippen molar-refractivity contribution in [2.45, 2.75) is 25.3 Å². The van der Waals surface area contributed by atoms with Crippen LogP contribution in [0.1, 0.15) is 29.7 Å². The third-order valence-electron chi connectivity index (χ3n) is 5.50. The Kier molecular flexibility index (Phi) is 6.35. The minimum Gasteiger partial charge on any atom is -0.480 e. The molecule has 0 spiro atoms. The Morgan fingerprint density at radius 3 is 2.21 bits per heavy atom. The summed E-state index contributed by atoms with van der Waals surface area (Å²) in [5.41, 5.74) is 5.45. The molecule has 0 aliphatic heterocycles. The van der Waals surface area contributed by atoms with E-state index in [1.54, 1.807) is 12.1 Å². The Hall–Kier alpha value is -4.20. The van der Waals surface area contributed by atoms with Crippen molar-refractivity contribution in [1.29, 1.82) is 0 Å². The van der Waals surface area contributed by atoms with Gasteiger partial charge in [0.1, 0.15) is 12.6 Å². The fourth-order valence-electron chi connectivity index (χ4n) is 3.87. The number of pyridine rings is 1. The third kappa shape index (κ3) is 5.01. The summed E-state index contributed by atoms with van der Waals surface area (Å²) in [6.07, 6.45) is 0.757. The van der Waals surface area contributed by atoms with E-state index in [2.05, 4.69) is 39.9 Å². The molecule has 1 heterocycles. The summed E-state index contributed by atoms with van der Waals surface area (Å²) in [6.45, 7) is 1.59. The highest BCUT2D eigenvalue weighted by Crippen LogP contribution is 2.44. The maximum atomic E-state index is 12.4. The molecular weight excluding hydrogens is 422 g/mol. The molecule has 2 aromatic carbocycles. The number of nitrogens with one attached hydrogen (secondary N) is 2. The van der Waals surface area contributed by atoms with E-state index in [4.69, 9.17) is 9.84 Å². The molecule has 4 rings (SSSR count). The normalized spacial score (nSPS) is 12.9. The first-order chi connectivity index (χ1) is 15.9. The molecule has 0 saturated heterocycles. The lowest BCUT2D eigenvalue weighted by molar-refractivity contribution is -0.141. The number of carboxylic acids is 1. The third-order valence-corrected chi connectivity index (χ3v) is 5.50. The van der Waals surface area contributed by atoms with Gasteiger partial charge in [-0.25, -0.2) is 4.79 Å². The first kappa shape index (κ1) is 22.0. The SMILES string of the molecule is C[C@@H](NC(=O)Cc1ccc(NC(=O)OCC2c3ccccc3-c3ccccc32)cn1)C(=O)O. The van der Waals surface area contributed by atoms with E-state index >= 15 is 0 Å². The molecule has 0 saturated carbocycles. The molecule has 0 fully saturated rings. The molecule has 1 atom stereocenters. The molecular formula is C25H23N3O5. The monoisotopic (exact) mass is 445 g/mol. The Morgan fingerprint density at radius 1 is 1.00 bits per heavy atom. The number of aromatic nitrogens is 1. The van der Waals surface area contributed by atoms with E-state index in [0.717, 1.165) is 22.3 Å². The second-order valence-corrected chi connectivity index (χ2v) is 7.79. The molecule has 1 aromatic heterocycles. The van der Waals surface area contributed by atoms with Crippen molar-refractivity contribution in [2.24, 2.45) is 0 Å². The van der Waals surface area contributed by atoms with Crippen molar-refractivity contribution in [2.75, 3.05) is 11.9 Å². The number of nitrogens with zero attached hydrogens (tertiary/aromatic N) is 1. The summed E-state index contributed by atoms with van der Waals surface area (Å²) in [7, 11) is 0. The predicted octanol–water partition coefficient (Wildman–Crippen LogP) is 3.57. The molecule has 0 bridgehead atoms. The Bertz CT molecular complexity index is 1150. The van der Waals surface area contributed by atoms with Crippen LogP contribution in [0.4, 0.5) is 10.5 Å². The van der Waals surface area contributed by atoms with Crippen molar-refractivity contribution >= 4 is 23.7 Å². The van der Waals surface area contributed by atoms with Gasteiger partial charge in [0.15, 0.2) is 0 Å². The standard InChI is InChI=1S/C25H23N3O5/c1-15(24(30)31)27-23(29)12-16-10-11-17(13-26-16)28-25(32)33-14-22-20-8-4-2-6-18(20)19-7-3-5-9-21(19)22/h2-11,13,15,22H,12,14H2,1H3,(H,27,29)(H,28,32)(H,30,31)/t15-/m1/s1. The van der Waals surface area contributed by atoms with Crippen molar-refractivity contribution in [3.8, 4) is 11.1 Å². The van der Waals surface area contributed by atoms with Gasteiger partial charge in [0.25, 0.3) is 0 Å². The number of ether oxygens (including phenoxy) is 1. The van der Waals surface area contributed by atoms with Gasteiger partial charge in [-0.3, -0.25) is 19.9 Å². The van der Waals surface area contributed by atoms with Crippen molar-refractivity contribution in [3.63, 3.8) is 0 Å². The van der Waals surface area contributed by atoms with Crippen LogP contribution in [-0.4, -0.2) is 40.7 Å². The number of hydrogen-bond donors (Lipinski definition) is 3. The van der Waals surface area contributed by atoms with Crippen LogP contribution in [0.15, 0.2) is 66.9 Å². The average Bonchev–Trinajstić information content (AvgIpc) is 3.12. The van der Waals surface area contributed by atoms with E-state index < -0.39 is 24.0 Å². The van der Waals surface area contributed by atoms with Crippen molar-refractivity contribution in [3.05, 3.63) is 83.7 Å². The number of carbonyl (C=O) groups excluding carboxylic acids is 2. The molecule has 8 nitrogen and oxygen atoms in total. The van der Waals surface area contributed by atoms with Crippen LogP contribution >= 0.6 is 0 Å². The fourth-order valence-corrected chi connectivity index (χ4v) is 3.87. The minimum absolute atomic E-state index is 0.0321. The number of amides is 2. The highest BCUT2D eigenvalue weighted by atomic mass is 16.5. The van der Waals surface area contributed by atoms with Gasteiger partial charge in [-0.1, -0.05) is 48.5 Å². The van der Waals surface area contributed by atoms with E-state index in [-0.39, 0.29) is 18.9 Å². The van der Waals surface area contributed by atoms with Crippen LogP contribution in [0.2, 0.25) is 0 Å². The molecule has 33 heavy (non-hydrogen) atoms. The number of anilines is 1. The van der Waals surface area contributed by atoms with Crippen LogP contribution in [0.3, 0.4) is 0 Å². The quantitative estimate of drug-likeness (QED) is 0.512. The van der Waals surface area contributed by atoms with E-state index in [0.29, 0.717) is 11.4 Å². The van der Waals surface area contributed by atoms with Crippen LogP contribution in [0.5, 0.6) is 0 Å². The van der Waals surface area contributed by atoms with E-state index in [9.17, 15) is 14.4 Å². The van der Waals surface area contributed by atoms with Gasteiger partial charge in [-0.05, 0) is 41.3 Å². The number of hydrogen-bond acceptors (Lipinski definition) is 5. The first-order valence-corrected chi connectivity index (χ1v) is 10.5. The highest BCUT2D eigenvalue weighted by molar-refractivity contribution is 5.86. The zero-order chi connectivity index (χ0) is 23.4. The lowest BCUT2D eigenvalue weighted by Crippen LogP contribution is -2.39. The lowest BCUT2D eigenvalue weighted by Gasteiger charge is -2.14. The largest absolute Gasteiger partial charge is 0.480 e. The van der Waals surface area contributed by atoms with Crippen LogP contribution in [-0.2, 0) is 20.7 Å². The first-order valence-electron chi connectivity index (χ1n) is 10.5. The molecule has 0 unspecified atom stereocenters. The van der Waals surface area contributed by atoms with Crippen LogP contribution < -0.4 is 10.6 Å². The molecule has 8 heteroatoms. The van der Waals surface area contributed by atoms with Gasteiger partial charge in [-0.15, -0.1) is 0 Å². The van der Waals surface area contributed by atoms with Gasteiger partial charge in [0.05, 0.1) is 18.3 Å². The number of aliphatic carboxylic acids is 1. The van der Waals surface area contributed by atoms with E-state index in [1.165, 1.54) is 13.1 Å². The summed E-state index contributed by atoms with van der Waals surface area (Å²) in [6, 6.07) is 18.4. The molecule has 2 amide bonds. The topological polar surface area (TPSA) is 118 Å². The Morgan fingerprint density at radius 2 is 1.64 bits per heavy atom. The van der Waals surface area contributed by atoms with E-state index in [1.807, 2.05) is 24.3 Å². The zero-order valence-electron chi connectivity index (χ0n) is 17.9. The summed E-state index contributed by atoms with van der Waals surface area (Å²) >= 11 is 0. The van der Waals surface area contributed by atoms with Crippen molar-refractivity contribution < 1.29 is 24.2 Å². The average molecular weight is 445 g/mol. The second kappa shape index (κ2) is 9.52. The molecule has 3 aromatic rings. The van der Waals surface area contributed by atoms with Gasteiger partial charge in [-0.2, -0.15) is 0 Å². The zero-order valence-corrected chi connectivity index (χ0v) is 17.9. The summed E-state index contributed by atoms with van der Waals surface area (Å²) in [5.74, 6) is -1.59. The minimum atomic E-state index is -1.11. The number of rotatable bonds is 7. The van der Waals surface area contributed by atoms with Crippen molar-refractivity contribution in [1.82, 2.24) is 10.3 Å². The summed E-state index contributed by atoms with van der Waals surface area (Å²) in [4.78, 5) is 39.2. The summed E-state index contributed by atoms with van der Waals surface area (Å²) in [5, 5.41) is 13.8. The predicted molar refractivity (Wildman–Crippen MR) is 122 cm³/mol. The lowest BCUT2D eigenvalue weighted by atomic mass is 9.98. The number of fused-ring (bicyclic) bond motifs is 3. The molecule has 1 aliphatic rings. The number of carbonyl (C=O) groups is 3. The molecule has 168 valence electrons.